The minimum atomic E-state index is 0.556. The maximum absolute atomic E-state index is 5.63. The van der Waals surface area contributed by atoms with Crippen LogP contribution in [0.2, 0.25) is 0 Å². The molecule has 0 saturated heterocycles. The monoisotopic (exact) mass is 210 g/mol. The molecular weight excluding hydrogens is 196 g/mol. The number of para-hydroxylation sites is 1. The summed E-state index contributed by atoms with van der Waals surface area (Å²) in [7, 11) is 0. The number of hydrogen-bond acceptors (Lipinski definition) is 1. The van der Waals surface area contributed by atoms with Crippen LogP contribution >= 0.6 is 11.6 Å². The van der Waals surface area contributed by atoms with Crippen molar-refractivity contribution in [3.05, 3.63) is 40.9 Å². The summed E-state index contributed by atoms with van der Waals surface area (Å²) in [5.74, 6) is 0.952. The third-order valence-corrected chi connectivity index (χ3v) is 2.37. The van der Waals surface area contributed by atoms with E-state index in [1.165, 1.54) is 5.56 Å². The Morgan fingerprint density at radius 1 is 1.43 bits per heavy atom. The van der Waals surface area contributed by atoms with Gasteiger partial charge in [0, 0.05) is 5.54 Å². The van der Waals surface area contributed by atoms with Gasteiger partial charge in [-0.1, -0.05) is 36.7 Å². The fraction of sp³-hybridized carbons (Fsp3) is 0.333. The summed E-state index contributed by atoms with van der Waals surface area (Å²) < 4.78 is 5.63. The van der Waals surface area contributed by atoms with Gasteiger partial charge < -0.3 is 4.74 Å². The first-order valence-electron chi connectivity index (χ1n) is 4.74. The third-order valence-electron chi connectivity index (χ3n) is 2.00. The molecule has 0 aliphatic heterocycles. The number of halogens is 1. The molecule has 76 valence electrons. The Kier molecular flexibility index (Phi) is 4.54. The van der Waals surface area contributed by atoms with Gasteiger partial charge in [-0.15, -0.1) is 0 Å². The van der Waals surface area contributed by atoms with Crippen molar-refractivity contribution in [2.75, 3.05) is 6.61 Å². The van der Waals surface area contributed by atoms with Gasteiger partial charge in [-0.2, -0.15) is 0 Å². The van der Waals surface area contributed by atoms with Crippen LogP contribution in [0.4, 0.5) is 0 Å². The molecule has 2 heteroatoms. The van der Waals surface area contributed by atoms with E-state index in [1.54, 1.807) is 5.54 Å². The van der Waals surface area contributed by atoms with Crippen LogP contribution in [0.25, 0.3) is 0 Å². The normalized spacial score (nSPS) is 11.5. The minimum Gasteiger partial charge on any atom is -0.489 e. The summed E-state index contributed by atoms with van der Waals surface area (Å²) in [5.41, 5.74) is 3.81. The van der Waals surface area contributed by atoms with Crippen molar-refractivity contribution >= 4 is 11.6 Å². The second-order valence-corrected chi connectivity index (χ2v) is 3.42. The lowest BCUT2D eigenvalue weighted by atomic mass is 10.1. The molecule has 0 atom stereocenters. The number of benzene rings is 1. The van der Waals surface area contributed by atoms with Crippen LogP contribution < -0.4 is 4.74 Å². The minimum absolute atomic E-state index is 0.556. The number of ether oxygens (including phenoxy) is 1. The van der Waals surface area contributed by atoms with Crippen molar-refractivity contribution in [2.45, 2.75) is 20.3 Å². The highest BCUT2D eigenvalue weighted by molar-refractivity contribution is 6.25. The van der Waals surface area contributed by atoms with Crippen LogP contribution in [0.1, 0.15) is 19.4 Å². The third kappa shape index (κ3) is 3.08. The molecule has 1 aromatic carbocycles. The summed E-state index contributed by atoms with van der Waals surface area (Å²) in [6.45, 7) is 4.62. The molecule has 0 amide bonds. The van der Waals surface area contributed by atoms with E-state index in [0.29, 0.717) is 6.61 Å². The molecule has 0 unspecified atom stereocenters. The van der Waals surface area contributed by atoms with E-state index in [0.717, 1.165) is 17.7 Å². The van der Waals surface area contributed by atoms with E-state index in [-0.39, 0.29) is 0 Å². The second kappa shape index (κ2) is 5.71. The van der Waals surface area contributed by atoms with Crippen LogP contribution in [0.5, 0.6) is 5.75 Å². The highest BCUT2D eigenvalue weighted by Crippen LogP contribution is 2.18. The second-order valence-electron chi connectivity index (χ2n) is 3.21. The molecule has 0 spiro atoms. The summed E-state index contributed by atoms with van der Waals surface area (Å²) >= 11 is 5.55. The van der Waals surface area contributed by atoms with E-state index < -0.39 is 0 Å². The fourth-order valence-corrected chi connectivity index (χ4v) is 1.22. The average Bonchev–Trinajstić information content (AvgIpc) is 2.26. The SMILES string of the molecule is CCc1ccccc1OC/C(C)=C/Cl. The smallest absolute Gasteiger partial charge is 0.122 e. The quantitative estimate of drug-likeness (QED) is 0.735. The highest BCUT2D eigenvalue weighted by Gasteiger charge is 2.00. The Morgan fingerprint density at radius 3 is 2.79 bits per heavy atom. The van der Waals surface area contributed by atoms with E-state index in [4.69, 9.17) is 16.3 Å². The van der Waals surface area contributed by atoms with Gasteiger partial charge >= 0.3 is 0 Å². The van der Waals surface area contributed by atoms with Gasteiger partial charge in [0.05, 0.1) is 0 Å². The largest absolute Gasteiger partial charge is 0.489 e. The Labute approximate surface area is 90.3 Å². The summed E-state index contributed by atoms with van der Waals surface area (Å²) in [4.78, 5) is 0. The molecule has 0 bridgehead atoms. The molecule has 0 fully saturated rings. The van der Waals surface area contributed by atoms with Crippen molar-refractivity contribution < 1.29 is 4.74 Å². The van der Waals surface area contributed by atoms with E-state index in [2.05, 4.69) is 13.0 Å². The molecule has 0 aliphatic rings. The summed E-state index contributed by atoms with van der Waals surface area (Å²) in [6, 6.07) is 8.07. The van der Waals surface area contributed by atoms with Crippen LogP contribution in [0.3, 0.4) is 0 Å². The zero-order chi connectivity index (χ0) is 10.4. The van der Waals surface area contributed by atoms with E-state index >= 15 is 0 Å². The molecule has 0 radical (unpaired) electrons. The molecule has 0 aromatic heterocycles. The molecule has 1 rings (SSSR count). The first-order valence-corrected chi connectivity index (χ1v) is 5.18. The zero-order valence-electron chi connectivity index (χ0n) is 8.59. The van der Waals surface area contributed by atoms with Crippen LogP contribution in [-0.2, 0) is 6.42 Å². The maximum Gasteiger partial charge on any atom is 0.122 e. The van der Waals surface area contributed by atoms with Gasteiger partial charge in [-0.3, -0.25) is 0 Å². The van der Waals surface area contributed by atoms with Gasteiger partial charge in [0.2, 0.25) is 0 Å². The number of aryl methyl sites for hydroxylation is 1. The van der Waals surface area contributed by atoms with Gasteiger partial charge in [-0.25, -0.2) is 0 Å². The molecule has 1 aromatic rings. The molecular formula is C12H15ClO. The van der Waals surface area contributed by atoms with Crippen molar-refractivity contribution in [3.63, 3.8) is 0 Å². The van der Waals surface area contributed by atoms with Crippen molar-refractivity contribution in [2.24, 2.45) is 0 Å². The van der Waals surface area contributed by atoms with Crippen LogP contribution in [0.15, 0.2) is 35.4 Å². The number of hydrogen-bond donors (Lipinski definition) is 0. The van der Waals surface area contributed by atoms with Crippen molar-refractivity contribution in [3.8, 4) is 5.75 Å². The number of rotatable bonds is 4. The van der Waals surface area contributed by atoms with Gasteiger partial charge in [0.15, 0.2) is 0 Å². The first-order chi connectivity index (χ1) is 6.77. The lowest BCUT2D eigenvalue weighted by molar-refractivity contribution is 0.349. The van der Waals surface area contributed by atoms with Crippen molar-refractivity contribution in [1.82, 2.24) is 0 Å². The Balaban J connectivity index is 2.66. The van der Waals surface area contributed by atoms with Gasteiger partial charge in [-0.05, 0) is 30.5 Å². The summed E-state index contributed by atoms with van der Waals surface area (Å²) in [5, 5.41) is 0. The van der Waals surface area contributed by atoms with Crippen molar-refractivity contribution in [1.29, 1.82) is 0 Å². The maximum atomic E-state index is 5.63. The van der Waals surface area contributed by atoms with E-state index in [9.17, 15) is 0 Å². The zero-order valence-corrected chi connectivity index (χ0v) is 9.34. The lowest BCUT2D eigenvalue weighted by Gasteiger charge is -2.09. The van der Waals surface area contributed by atoms with Crippen LogP contribution in [0, 0.1) is 0 Å². The Hall–Kier alpha value is -0.950. The predicted octanol–water partition coefficient (Wildman–Crippen LogP) is 3.77. The van der Waals surface area contributed by atoms with Gasteiger partial charge in [0.25, 0.3) is 0 Å². The highest BCUT2D eigenvalue weighted by atomic mass is 35.5. The average molecular weight is 211 g/mol. The van der Waals surface area contributed by atoms with E-state index in [1.807, 2.05) is 25.1 Å². The molecule has 14 heavy (non-hydrogen) atoms. The Morgan fingerprint density at radius 2 is 2.14 bits per heavy atom. The molecule has 0 heterocycles. The fourth-order valence-electron chi connectivity index (χ4n) is 1.16. The standard InChI is InChI=1S/C12H15ClO/c1-3-11-6-4-5-7-12(11)14-9-10(2)8-13/h4-8H,3,9H2,1-2H3/b10-8+. The summed E-state index contributed by atoms with van der Waals surface area (Å²) in [6.07, 6.45) is 0.986. The molecule has 0 saturated carbocycles. The molecule has 0 aliphatic carbocycles. The Bertz CT molecular complexity index is 318. The predicted molar refractivity (Wildman–Crippen MR) is 60.9 cm³/mol. The molecule has 1 nitrogen and oxygen atoms in total. The van der Waals surface area contributed by atoms with Crippen LogP contribution in [-0.4, -0.2) is 6.61 Å². The van der Waals surface area contributed by atoms with Gasteiger partial charge in [0.1, 0.15) is 12.4 Å². The first kappa shape index (κ1) is 11.1. The lowest BCUT2D eigenvalue weighted by Crippen LogP contribution is -2.00. The molecule has 0 N–H and O–H groups in total. The topological polar surface area (TPSA) is 9.23 Å².